The third kappa shape index (κ3) is 8.13. The molecule has 3 rings (SSSR count). The van der Waals surface area contributed by atoms with Crippen molar-refractivity contribution in [1.82, 2.24) is 10.2 Å². The van der Waals surface area contributed by atoms with Gasteiger partial charge in [-0.25, -0.2) is 4.79 Å². The molecule has 2 aromatic carbocycles. The zero-order valence-corrected chi connectivity index (χ0v) is 23.7. The van der Waals surface area contributed by atoms with Crippen LogP contribution < -0.4 is 15.0 Å². The van der Waals surface area contributed by atoms with Crippen molar-refractivity contribution < 1.29 is 28.6 Å². The molecule has 0 aliphatic carbocycles. The van der Waals surface area contributed by atoms with E-state index in [-0.39, 0.29) is 5.91 Å². The number of fused-ring (bicyclic) bond motifs is 1. The number of nitrogens with zero attached hydrogens (tertiary/aromatic N) is 2. The van der Waals surface area contributed by atoms with E-state index in [1.54, 1.807) is 12.0 Å². The molecule has 0 saturated heterocycles. The smallest absolute Gasteiger partial charge is 0.407 e. The monoisotopic (exact) mass is 543 g/mol. The van der Waals surface area contributed by atoms with E-state index in [4.69, 9.17) is 14.2 Å². The zero-order chi connectivity index (χ0) is 27.9. The van der Waals surface area contributed by atoms with Crippen molar-refractivity contribution in [3.63, 3.8) is 0 Å². The first kappa shape index (κ1) is 29.3. The normalized spacial score (nSPS) is 17.4. The SMILES string of the molecule is COc1ccc([C@@H]2Sc3ccccc3N(CCN(C)CCNC(=O)OC(C)(C)C)C(=O)[C@@H]2OC(C)=O)cc1. The number of amides is 2. The molecule has 1 N–H and O–H groups in total. The van der Waals surface area contributed by atoms with Crippen LogP contribution in [0.5, 0.6) is 5.75 Å². The van der Waals surface area contributed by atoms with Gasteiger partial charge in [0.1, 0.15) is 11.4 Å². The molecule has 1 aliphatic heterocycles. The summed E-state index contributed by atoms with van der Waals surface area (Å²) in [5.74, 6) is -0.0913. The van der Waals surface area contributed by atoms with Gasteiger partial charge in [0.25, 0.3) is 5.91 Å². The summed E-state index contributed by atoms with van der Waals surface area (Å²) in [6.45, 7) is 8.66. The zero-order valence-electron chi connectivity index (χ0n) is 22.9. The van der Waals surface area contributed by atoms with Gasteiger partial charge in [-0.3, -0.25) is 9.59 Å². The highest BCUT2D eigenvalue weighted by molar-refractivity contribution is 7.99. The number of thioether (sulfide) groups is 1. The van der Waals surface area contributed by atoms with Crippen molar-refractivity contribution in [3.8, 4) is 5.75 Å². The second-order valence-corrected chi connectivity index (χ2v) is 11.2. The lowest BCUT2D eigenvalue weighted by atomic mass is 10.1. The van der Waals surface area contributed by atoms with Gasteiger partial charge in [0.2, 0.25) is 0 Å². The number of esters is 1. The Labute approximate surface area is 228 Å². The predicted molar refractivity (Wildman–Crippen MR) is 148 cm³/mol. The highest BCUT2D eigenvalue weighted by atomic mass is 32.2. The number of carbonyl (C=O) groups excluding carboxylic acids is 3. The van der Waals surface area contributed by atoms with Crippen LogP contribution in [0, 0.1) is 0 Å². The van der Waals surface area contributed by atoms with E-state index in [2.05, 4.69) is 5.32 Å². The molecule has 0 bridgehead atoms. The van der Waals surface area contributed by atoms with E-state index in [9.17, 15) is 14.4 Å². The highest BCUT2D eigenvalue weighted by Crippen LogP contribution is 2.46. The molecule has 2 atom stereocenters. The van der Waals surface area contributed by atoms with Crippen LogP contribution in [0.15, 0.2) is 53.4 Å². The van der Waals surface area contributed by atoms with Crippen LogP contribution in [-0.4, -0.2) is 74.9 Å². The number of ether oxygens (including phenoxy) is 3. The van der Waals surface area contributed by atoms with Crippen molar-refractivity contribution >= 4 is 35.4 Å². The first-order valence-electron chi connectivity index (χ1n) is 12.5. The first-order chi connectivity index (χ1) is 18.0. The quantitative estimate of drug-likeness (QED) is 0.469. The van der Waals surface area contributed by atoms with E-state index >= 15 is 0 Å². The third-order valence-electron chi connectivity index (χ3n) is 5.80. The number of hydrogen-bond donors (Lipinski definition) is 1. The second kappa shape index (κ2) is 13.0. The minimum absolute atomic E-state index is 0.279. The summed E-state index contributed by atoms with van der Waals surface area (Å²) in [6, 6.07) is 15.2. The van der Waals surface area contributed by atoms with Crippen LogP contribution in [0.2, 0.25) is 0 Å². The van der Waals surface area contributed by atoms with Gasteiger partial charge in [0, 0.05) is 38.0 Å². The molecule has 2 aromatic rings. The molecule has 0 saturated carbocycles. The van der Waals surface area contributed by atoms with Gasteiger partial charge in [-0.1, -0.05) is 24.3 Å². The van der Waals surface area contributed by atoms with Crippen LogP contribution in [0.3, 0.4) is 0 Å². The molecule has 0 unspecified atom stereocenters. The Morgan fingerprint density at radius 3 is 2.39 bits per heavy atom. The van der Waals surface area contributed by atoms with E-state index < -0.39 is 29.0 Å². The lowest BCUT2D eigenvalue weighted by Crippen LogP contribution is -2.46. The van der Waals surface area contributed by atoms with E-state index in [0.29, 0.717) is 31.9 Å². The maximum atomic E-state index is 13.9. The van der Waals surface area contributed by atoms with Crippen LogP contribution in [0.25, 0.3) is 0 Å². The standard InChI is InChI=1S/C28H37N3O6S/c1-19(32)36-24-25(20-11-13-21(35-6)14-12-20)38-23-10-8-7-9-22(23)31(26(24)33)18-17-30(5)16-15-29-27(34)37-28(2,3)4/h7-14,24-25H,15-18H2,1-6H3,(H,29,34)/t24-,25+/m1/s1. The number of methoxy groups -OCH3 is 1. The van der Waals surface area contributed by atoms with Crippen molar-refractivity contribution in [2.45, 2.75) is 49.5 Å². The molecule has 9 nitrogen and oxygen atoms in total. The number of benzene rings is 2. The fourth-order valence-corrected chi connectivity index (χ4v) is 5.30. The fourth-order valence-electron chi connectivity index (χ4n) is 3.98. The number of carbonyl (C=O) groups is 3. The van der Waals surface area contributed by atoms with Crippen molar-refractivity contribution in [2.75, 3.05) is 45.2 Å². The minimum Gasteiger partial charge on any atom is -0.497 e. The van der Waals surface area contributed by atoms with Crippen LogP contribution in [-0.2, 0) is 19.1 Å². The molecule has 1 aliphatic rings. The summed E-state index contributed by atoms with van der Waals surface area (Å²) in [6.07, 6.45) is -1.47. The lowest BCUT2D eigenvalue weighted by molar-refractivity contribution is -0.152. The number of anilines is 1. The molecule has 1 heterocycles. The molecule has 2 amide bonds. The lowest BCUT2D eigenvalue weighted by Gasteiger charge is -2.29. The van der Waals surface area contributed by atoms with Gasteiger partial charge >= 0.3 is 12.1 Å². The maximum absolute atomic E-state index is 13.9. The Balaban J connectivity index is 1.77. The van der Waals surface area contributed by atoms with E-state index in [1.807, 2.05) is 81.2 Å². The van der Waals surface area contributed by atoms with Crippen LogP contribution in [0.1, 0.15) is 38.5 Å². The Bertz CT molecular complexity index is 1120. The van der Waals surface area contributed by atoms with Gasteiger partial charge in [-0.05, 0) is 57.6 Å². The van der Waals surface area contributed by atoms with Crippen molar-refractivity contribution in [1.29, 1.82) is 0 Å². The van der Waals surface area contributed by atoms with Crippen LogP contribution >= 0.6 is 11.8 Å². The molecular weight excluding hydrogens is 506 g/mol. The molecular formula is C28H37N3O6S. The highest BCUT2D eigenvalue weighted by Gasteiger charge is 2.40. The Morgan fingerprint density at radius 2 is 1.76 bits per heavy atom. The molecule has 206 valence electrons. The van der Waals surface area contributed by atoms with Gasteiger partial charge in [-0.2, -0.15) is 0 Å². The fraction of sp³-hybridized carbons (Fsp3) is 0.464. The van der Waals surface area contributed by atoms with Gasteiger partial charge < -0.3 is 29.3 Å². The van der Waals surface area contributed by atoms with E-state index in [1.165, 1.54) is 18.7 Å². The molecule has 38 heavy (non-hydrogen) atoms. The number of rotatable bonds is 9. The van der Waals surface area contributed by atoms with Gasteiger partial charge in [-0.15, -0.1) is 11.8 Å². The number of nitrogens with one attached hydrogen (secondary N) is 1. The number of alkyl carbamates (subject to hydrolysis) is 1. The Kier molecular flexibility index (Phi) is 10.0. The van der Waals surface area contributed by atoms with Crippen molar-refractivity contribution in [2.24, 2.45) is 0 Å². The number of likely N-dealkylation sites (N-methyl/N-ethyl adjacent to an activating group) is 1. The topological polar surface area (TPSA) is 97.4 Å². The Hall–Kier alpha value is -3.24. The molecule has 0 fully saturated rings. The summed E-state index contributed by atoms with van der Waals surface area (Å²) in [5.41, 5.74) is 1.07. The minimum atomic E-state index is -1.00. The molecule has 0 aromatic heterocycles. The molecule has 10 heteroatoms. The Morgan fingerprint density at radius 1 is 1.08 bits per heavy atom. The van der Waals surface area contributed by atoms with Crippen molar-refractivity contribution in [3.05, 3.63) is 54.1 Å². The number of para-hydroxylation sites is 1. The summed E-state index contributed by atoms with van der Waals surface area (Å²) in [7, 11) is 3.52. The average molecular weight is 544 g/mol. The maximum Gasteiger partial charge on any atom is 0.407 e. The summed E-state index contributed by atoms with van der Waals surface area (Å²) >= 11 is 1.50. The largest absolute Gasteiger partial charge is 0.497 e. The first-order valence-corrected chi connectivity index (χ1v) is 13.4. The van der Waals surface area contributed by atoms with E-state index in [0.717, 1.165) is 16.1 Å². The second-order valence-electron chi connectivity index (χ2n) is 10.0. The number of hydrogen-bond acceptors (Lipinski definition) is 8. The third-order valence-corrected chi connectivity index (χ3v) is 7.17. The molecule has 0 spiro atoms. The van der Waals surface area contributed by atoms with Crippen LogP contribution in [0.4, 0.5) is 10.5 Å². The van der Waals surface area contributed by atoms with Gasteiger partial charge in [0.15, 0.2) is 6.10 Å². The summed E-state index contributed by atoms with van der Waals surface area (Å²) < 4.78 is 16.2. The summed E-state index contributed by atoms with van der Waals surface area (Å²) in [5, 5.41) is 2.32. The van der Waals surface area contributed by atoms with Gasteiger partial charge in [0.05, 0.1) is 18.0 Å². The average Bonchev–Trinajstić information content (AvgIpc) is 2.96. The summed E-state index contributed by atoms with van der Waals surface area (Å²) in [4.78, 5) is 42.5. The predicted octanol–water partition coefficient (Wildman–Crippen LogP) is 4.26. The molecule has 0 radical (unpaired) electrons.